The summed E-state index contributed by atoms with van der Waals surface area (Å²) in [5.41, 5.74) is 2.02. The molecule has 3 N–H and O–H groups in total. The van der Waals surface area contributed by atoms with Gasteiger partial charge in [0.25, 0.3) is 21.8 Å². The molecule has 28 heavy (non-hydrogen) atoms. The van der Waals surface area contributed by atoms with Gasteiger partial charge in [-0.05, 0) is 30.3 Å². The molecule has 146 valence electrons. The maximum atomic E-state index is 12.5. The highest BCUT2D eigenvalue weighted by molar-refractivity contribution is 7.89. The number of amides is 2. The molecule has 2 aromatic rings. The van der Waals surface area contributed by atoms with Crippen LogP contribution in [0, 0.1) is 0 Å². The first kappa shape index (κ1) is 19.3. The summed E-state index contributed by atoms with van der Waals surface area (Å²) in [6.45, 7) is -1.01. The van der Waals surface area contributed by atoms with Crippen molar-refractivity contribution in [2.45, 2.75) is 4.90 Å². The Bertz CT molecular complexity index is 1040. The zero-order valence-electron chi connectivity index (χ0n) is 14.2. The number of aliphatic carboxylic acids is 1. The lowest BCUT2D eigenvalue weighted by Gasteiger charge is -2.28. The third-order valence-corrected chi connectivity index (χ3v) is 4.92. The van der Waals surface area contributed by atoms with Crippen LogP contribution >= 0.6 is 0 Å². The van der Waals surface area contributed by atoms with Crippen LogP contribution in [-0.2, 0) is 19.6 Å². The maximum Gasteiger partial charge on any atom is 0.323 e. The Hall–Kier alpha value is -3.51. The van der Waals surface area contributed by atoms with Crippen molar-refractivity contribution in [2.75, 3.05) is 18.1 Å². The van der Waals surface area contributed by atoms with Crippen molar-refractivity contribution in [3.63, 3.8) is 0 Å². The third-order valence-electron chi connectivity index (χ3n) is 3.67. The predicted octanol–water partition coefficient (Wildman–Crippen LogP) is -0.485. The van der Waals surface area contributed by atoms with Gasteiger partial charge in [-0.3, -0.25) is 29.7 Å². The highest BCUT2D eigenvalue weighted by Crippen LogP contribution is 2.34. The predicted molar refractivity (Wildman–Crippen MR) is 94.0 cm³/mol. The Morgan fingerprint density at radius 2 is 2.04 bits per heavy atom. The van der Waals surface area contributed by atoms with Crippen LogP contribution in [-0.4, -0.2) is 49.4 Å². The van der Waals surface area contributed by atoms with Crippen molar-refractivity contribution in [2.24, 2.45) is 0 Å². The summed E-state index contributed by atoms with van der Waals surface area (Å²) in [6.07, 6.45) is 1.38. The van der Waals surface area contributed by atoms with Gasteiger partial charge in [0.1, 0.15) is 18.0 Å². The SMILES string of the molecule is O=C(O)CN1C(=O)COc2ccc(S(=O)(=O)NNC(=O)c3ccccn3)cc21. The number of aromatic nitrogens is 1. The second-order valence-electron chi connectivity index (χ2n) is 5.57. The van der Waals surface area contributed by atoms with Crippen molar-refractivity contribution in [3.8, 4) is 5.75 Å². The van der Waals surface area contributed by atoms with E-state index in [2.05, 4.69) is 4.98 Å². The molecule has 1 aromatic heterocycles. The minimum atomic E-state index is -4.22. The lowest BCUT2D eigenvalue weighted by Crippen LogP contribution is -2.43. The van der Waals surface area contributed by atoms with Gasteiger partial charge < -0.3 is 9.84 Å². The fourth-order valence-electron chi connectivity index (χ4n) is 2.39. The zero-order valence-corrected chi connectivity index (χ0v) is 15.0. The number of carbonyl (C=O) groups excluding carboxylic acids is 2. The van der Waals surface area contributed by atoms with Gasteiger partial charge in [-0.15, -0.1) is 4.83 Å². The number of pyridine rings is 1. The van der Waals surface area contributed by atoms with Crippen molar-refractivity contribution in [3.05, 3.63) is 48.3 Å². The van der Waals surface area contributed by atoms with Crippen molar-refractivity contribution >= 4 is 33.5 Å². The van der Waals surface area contributed by atoms with E-state index < -0.39 is 34.4 Å². The second kappa shape index (κ2) is 7.62. The number of hydrogen-bond donors (Lipinski definition) is 3. The zero-order chi connectivity index (χ0) is 20.3. The average Bonchev–Trinajstić information content (AvgIpc) is 2.68. The lowest BCUT2D eigenvalue weighted by molar-refractivity contribution is -0.137. The Morgan fingerprint density at radius 3 is 2.71 bits per heavy atom. The van der Waals surface area contributed by atoms with Crippen molar-refractivity contribution < 1.29 is 32.6 Å². The molecule has 1 aromatic carbocycles. The van der Waals surface area contributed by atoms with E-state index in [-0.39, 0.29) is 28.6 Å². The Labute approximate surface area is 159 Å². The highest BCUT2D eigenvalue weighted by Gasteiger charge is 2.29. The molecule has 0 spiro atoms. The number of anilines is 1. The molecule has 0 atom stereocenters. The van der Waals surface area contributed by atoms with Crippen LogP contribution in [0.3, 0.4) is 0 Å². The number of carboxylic acid groups (broad SMARTS) is 1. The molecule has 11 nitrogen and oxygen atoms in total. The molecule has 0 saturated carbocycles. The molecular formula is C16H14N4O7S. The number of carboxylic acids is 1. The number of hydrogen-bond acceptors (Lipinski definition) is 7. The number of hydrazine groups is 1. The van der Waals surface area contributed by atoms with E-state index in [1.54, 1.807) is 12.1 Å². The number of rotatable bonds is 6. The standard InChI is InChI=1S/C16H14N4O7S/c21-14-9-27-13-5-4-10(7-12(13)20(14)8-15(22)23)28(25,26)19-18-16(24)11-3-1-2-6-17-11/h1-7,19H,8-9H2,(H,18,24)(H,22,23). The molecule has 0 fully saturated rings. The van der Waals surface area contributed by atoms with Crippen LogP contribution in [0.1, 0.15) is 10.5 Å². The summed E-state index contributed by atoms with van der Waals surface area (Å²) in [5, 5.41) is 8.97. The first-order valence-electron chi connectivity index (χ1n) is 7.80. The molecule has 0 aliphatic carbocycles. The molecule has 0 bridgehead atoms. The number of sulfonamides is 1. The largest absolute Gasteiger partial charge is 0.482 e. The van der Waals surface area contributed by atoms with E-state index >= 15 is 0 Å². The monoisotopic (exact) mass is 406 g/mol. The molecule has 12 heteroatoms. The Balaban J connectivity index is 1.83. The molecule has 2 amide bonds. The average molecular weight is 406 g/mol. The summed E-state index contributed by atoms with van der Waals surface area (Å²) in [5.74, 6) is -2.50. The highest BCUT2D eigenvalue weighted by atomic mass is 32.2. The van der Waals surface area contributed by atoms with Crippen LogP contribution < -0.4 is 19.9 Å². The van der Waals surface area contributed by atoms with E-state index in [4.69, 9.17) is 9.84 Å². The summed E-state index contributed by atoms with van der Waals surface area (Å²) >= 11 is 0. The quantitative estimate of drug-likeness (QED) is 0.543. The summed E-state index contributed by atoms with van der Waals surface area (Å²) in [4.78, 5) is 41.2. The van der Waals surface area contributed by atoms with Crippen LogP contribution in [0.5, 0.6) is 5.75 Å². The minimum absolute atomic E-state index is 0.00210. The molecule has 0 radical (unpaired) electrons. The van der Waals surface area contributed by atoms with Gasteiger partial charge in [-0.25, -0.2) is 8.42 Å². The Kier molecular flexibility index (Phi) is 5.24. The third kappa shape index (κ3) is 4.07. The van der Waals surface area contributed by atoms with E-state index in [1.165, 1.54) is 24.4 Å². The van der Waals surface area contributed by atoms with Gasteiger partial charge in [0.2, 0.25) is 0 Å². The second-order valence-corrected chi connectivity index (χ2v) is 7.25. The molecule has 3 rings (SSSR count). The molecule has 0 unspecified atom stereocenters. The van der Waals surface area contributed by atoms with E-state index in [1.807, 2.05) is 10.3 Å². The number of fused-ring (bicyclic) bond motifs is 1. The number of benzene rings is 1. The van der Waals surface area contributed by atoms with Gasteiger partial charge in [0.05, 0.1) is 10.6 Å². The first-order valence-corrected chi connectivity index (χ1v) is 9.28. The first-order chi connectivity index (χ1) is 13.3. The maximum absolute atomic E-state index is 12.5. The van der Waals surface area contributed by atoms with E-state index in [9.17, 15) is 22.8 Å². The van der Waals surface area contributed by atoms with Gasteiger partial charge in [0.15, 0.2) is 6.61 Å². The number of nitrogens with one attached hydrogen (secondary N) is 2. The van der Waals surface area contributed by atoms with Crippen LogP contribution in [0.2, 0.25) is 0 Å². The number of nitrogens with zero attached hydrogens (tertiary/aromatic N) is 2. The molecular weight excluding hydrogens is 392 g/mol. The fourth-order valence-corrected chi connectivity index (χ4v) is 3.25. The topological polar surface area (TPSA) is 155 Å². The normalized spacial score (nSPS) is 13.4. The molecule has 0 saturated heterocycles. The summed E-state index contributed by atoms with van der Waals surface area (Å²) < 4.78 is 30.1. The van der Waals surface area contributed by atoms with Crippen LogP contribution in [0.4, 0.5) is 5.69 Å². The van der Waals surface area contributed by atoms with Crippen LogP contribution in [0.25, 0.3) is 0 Å². The number of carbonyl (C=O) groups is 3. The summed E-state index contributed by atoms with van der Waals surface area (Å²) in [6, 6.07) is 8.14. The lowest BCUT2D eigenvalue weighted by atomic mass is 10.2. The van der Waals surface area contributed by atoms with Crippen LogP contribution in [0.15, 0.2) is 47.5 Å². The molecule has 1 aliphatic rings. The van der Waals surface area contributed by atoms with Crippen molar-refractivity contribution in [1.82, 2.24) is 15.2 Å². The fraction of sp³-hybridized carbons (Fsp3) is 0.125. The van der Waals surface area contributed by atoms with Gasteiger partial charge in [-0.2, -0.15) is 0 Å². The van der Waals surface area contributed by atoms with Gasteiger partial charge >= 0.3 is 5.97 Å². The molecule has 2 heterocycles. The van der Waals surface area contributed by atoms with Crippen molar-refractivity contribution in [1.29, 1.82) is 0 Å². The Morgan fingerprint density at radius 1 is 1.25 bits per heavy atom. The number of ether oxygens (including phenoxy) is 1. The van der Waals surface area contributed by atoms with E-state index in [0.29, 0.717) is 0 Å². The van der Waals surface area contributed by atoms with Gasteiger partial charge in [0, 0.05) is 6.20 Å². The smallest absolute Gasteiger partial charge is 0.323 e. The van der Waals surface area contributed by atoms with E-state index in [0.717, 1.165) is 11.0 Å². The minimum Gasteiger partial charge on any atom is -0.482 e. The molecule has 1 aliphatic heterocycles. The van der Waals surface area contributed by atoms with Gasteiger partial charge in [-0.1, -0.05) is 6.07 Å². The summed E-state index contributed by atoms with van der Waals surface area (Å²) in [7, 11) is -4.22.